The molecule has 0 saturated carbocycles. The first-order valence-electron chi connectivity index (χ1n) is 7.77. The van der Waals surface area contributed by atoms with Gasteiger partial charge in [0.05, 0.1) is 34.3 Å². The molecule has 4 rings (SSSR count). The fourth-order valence-electron chi connectivity index (χ4n) is 2.83. The highest BCUT2D eigenvalue weighted by Crippen LogP contribution is 2.23. The predicted molar refractivity (Wildman–Crippen MR) is 96.0 cm³/mol. The molecule has 6 nitrogen and oxygen atoms in total. The molecule has 0 radical (unpaired) electrons. The molecule has 130 valence electrons. The van der Waals surface area contributed by atoms with Crippen molar-refractivity contribution in [1.29, 1.82) is 0 Å². The van der Waals surface area contributed by atoms with Crippen LogP contribution in [-0.4, -0.2) is 25.8 Å². The molecule has 0 aliphatic carbocycles. The number of nitrogens with zero attached hydrogens (tertiary/aromatic N) is 3. The summed E-state index contributed by atoms with van der Waals surface area (Å²) in [6.07, 6.45) is -0.286. The Morgan fingerprint density at radius 1 is 1.19 bits per heavy atom. The summed E-state index contributed by atoms with van der Waals surface area (Å²) in [7, 11) is 0. The Bertz CT molecular complexity index is 1220. The molecule has 8 heteroatoms. The average Bonchev–Trinajstić information content (AvgIpc) is 3.00. The predicted octanol–water partition coefficient (Wildman–Crippen LogP) is 2.82. The van der Waals surface area contributed by atoms with Gasteiger partial charge >= 0.3 is 5.97 Å². The number of fused-ring (bicyclic) bond motifs is 2. The fraction of sp³-hybridized carbons (Fsp3) is 0.111. The molecule has 26 heavy (non-hydrogen) atoms. The van der Waals surface area contributed by atoms with E-state index in [9.17, 15) is 14.0 Å². The van der Waals surface area contributed by atoms with Crippen LogP contribution in [0.1, 0.15) is 10.7 Å². The number of aliphatic carboxylic acids is 1. The first-order chi connectivity index (χ1) is 12.5. The highest BCUT2D eigenvalue weighted by Gasteiger charge is 2.14. The van der Waals surface area contributed by atoms with Crippen molar-refractivity contribution >= 4 is 38.3 Å². The summed E-state index contributed by atoms with van der Waals surface area (Å²) in [5, 5.41) is 14.9. The van der Waals surface area contributed by atoms with Crippen molar-refractivity contribution in [3.05, 3.63) is 69.3 Å². The molecule has 4 aromatic rings. The largest absolute Gasteiger partial charge is 0.481 e. The highest BCUT2D eigenvalue weighted by atomic mass is 32.1. The SMILES string of the molecule is O=C(O)Cc1nn(Cc2nc3cc(F)ccc3s2)c(=O)c2ccccc12. The van der Waals surface area contributed by atoms with Crippen LogP contribution in [0.2, 0.25) is 0 Å². The Morgan fingerprint density at radius 2 is 1.96 bits per heavy atom. The van der Waals surface area contributed by atoms with Crippen molar-refractivity contribution in [2.24, 2.45) is 0 Å². The van der Waals surface area contributed by atoms with E-state index in [1.165, 1.54) is 28.2 Å². The lowest BCUT2D eigenvalue weighted by molar-refractivity contribution is -0.136. The summed E-state index contributed by atoms with van der Waals surface area (Å²) in [6.45, 7) is 0.0945. The summed E-state index contributed by atoms with van der Waals surface area (Å²) < 4.78 is 15.4. The first-order valence-corrected chi connectivity index (χ1v) is 8.58. The Morgan fingerprint density at radius 3 is 2.73 bits per heavy atom. The molecule has 0 fully saturated rings. The van der Waals surface area contributed by atoms with E-state index in [0.717, 1.165) is 4.70 Å². The van der Waals surface area contributed by atoms with E-state index in [0.29, 0.717) is 27.0 Å². The molecule has 0 aliphatic heterocycles. The fourth-order valence-corrected chi connectivity index (χ4v) is 3.76. The summed E-state index contributed by atoms with van der Waals surface area (Å²) in [4.78, 5) is 28.2. The second-order valence-electron chi connectivity index (χ2n) is 5.75. The molecule has 0 saturated heterocycles. The van der Waals surface area contributed by atoms with Gasteiger partial charge in [-0.25, -0.2) is 14.1 Å². The van der Waals surface area contributed by atoms with Gasteiger partial charge in [0.25, 0.3) is 5.56 Å². The maximum atomic E-state index is 13.3. The third-order valence-electron chi connectivity index (χ3n) is 3.94. The second-order valence-corrected chi connectivity index (χ2v) is 6.86. The van der Waals surface area contributed by atoms with Gasteiger partial charge < -0.3 is 5.11 Å². The number of hydrogen-bond acceptors (Lipinski definition) is 5. The van der Waals surface area contributed by atoms with Crippen LogP contribution in [0.15, 0.2) is 47.3 Å². The Labute approximate surface area is 150 Å². The van der Waals surface area contributed by atoms with E-state index in [1.807, 2.05) is 0 Å². The number of thiazole rings is 1. The van der Waals surface area contributed by atoms with Crippen LogP contribution in [0.4, 0.5) is 4.39 Å². The molecule has 0 amide bonds. The number of carbonyl (C=O) groups is 1. The van der Waals surface area contributed by atoms with Gasteiger partial charge in [0.2, 0.25) is 0 Å². The number of carboxylic acids is 1. The topological polar surface area (TPSA) is 85.1 Å². The third kappa shape index (κ3) is 2.95. The zero-order chi connectivity index (χ0) is 18.3. The lowest BCUT2D eigenvalue weighted by Gasteiger charge is -2.08. The van der Waals surface area contributed by atoms with Crippen molar-refractivity contribution in [2.75, 3.05) is 0 Å². The number of aromatic nitrogens is 3. The van der Waals surface area contributed by atoms with Gasteiger partial charge in [0.1, 0.15) is 10.8 Å². The lowest BCUT2D eigenvalue weighted by atomic mass is 10.1. The number of rotatable bonds is 4. The zero-order valence-corrected chi connectivity index (χ0v) is 14.2. The number of benzene rings is 2. The molecule has 0 atom stereocenters. The normalized spacial score (nSPS) is 11.3. The van der Waals surface area contributed by atoms with Gasteiger partial charge in [0, 0.05) is 11.5 Å². The molecular formula is C18H12FN3O3S. The van der Waals surface area contributed by atoms with Gasteiger partial charge in [-0.15, -0.1) is 11.3 Å². The van der Waals surface area contributed by atoms with Gasteiger partial charge in [-0.3, -0.25) is 9.59 Å². The lowest BCUT2D eigenvalue weighted by Crippen LogP contribution is -2.26. The van der Waals surface area contributed by atoms with Crippen molar-refractivity contribution in [1.82, 2.24) is 14.8 Å². The van der Waals surface area contributed by atoms with Crippen LogP contribution in [0.5, 0.6) is 0 Å². The van der Waals surface area contributed by atoms with E-state index in [1.54, 1.807) is 30.3 Å². The van der Waals surface area contributed by atoms with E-state index in [2.05, 4.69) is 10.1 Å². The van der Waals surface area contributed by atoms with Crippen LogP contribution in [0.25, 0.3) is 21.0 Å². The van der Waals surface area contributed by atoms with Gasteiger partial charge in [-0.05, 0) is 18.2 Å². The quantitative estimate of drug-likeness (QED) is 0.598. The zero-order valence-electron chi connectivity index (χ0n) is 13.3. The van der Waals surface area contributed by atoms with E-state index in [-0.39, 0.29) is 24.3 Å². The standard InChI is InChI=1S/C18H12FN3O3S/c19-10-5-6-15-14(7-10)20-16(26-15)9-22-18(25)12-4-2-1-3-11(12)13(21-22)8-17(23)24/h1-7H,8-9H2,(H,23,24). The van der Waals surface area contributed by atoms with Gasteiger partial charge in [0.15, 0.2) is 0 Å². The molecule has 1 N–H and O–H groups in total. The van der Waals surface area contributed by atoms with Crippen LogP contribution in [-0.2, 0) is 17.8 Å². The van der Waals surface area contributed by atoms with Crippen LogP contribution in [0.3, 0.4) is 0 Å². The van der Waals surface area contributed by atoms with Crippen LogP contribution < -0.4 is 5.56 Å². The summed E-state index contributed by atoms with van der Waals surface area (Å²) >= 11 is 1.34. The molecule has 2 heterocycles. The molecule has 2 aromatic carbocycles. The third-order valence-corrected chi connectivity index (χ3v) is 4.96. The summed E-state index contributed by atoms with van der Waals surface area (Å²) in [5.41, 5.74) is 0.518. The van der Waals surface area contributed by atoms with Crippen molar-refractivity contribution in [2.45, 2.75) is 13.0 Å². The Hall–Kier alpha value is -3.13. The maximum Gasteiger partial charge on any atom is 0.309 e. The van der Waals surface area contributed by atoms with Crippen molar-refractivity contribution < 1.29 is 14.3 Å². The van der Waals surface area contributed by atoms with E-state index >= 15 is 0 Å². The Kier molecular flexibility index (Phi) is 3.96. The molecule has 0 unspecified atom stereocenters. The number of hydrogen-bond donors (Lipinski definition) is 1. The monoisotopic (exact) mass is 369 g/mol. The minimum absolute atomic E-state index is 0.0945. The Balaban J connectivity index is 1.83. The first kappa shape index (κ1) is 16.3. The van der Waals surface area contributed by atoms with Gasteiger partial charge in [-0.2, -0.15) is 5.10 Å². The summed E-state index contributed by atoms with van der Waals surface area (Å²) in [6, 6.07) is 11.1. The minimum Gasteiger partial charge on any atom is -0.481 e. The molecular weight excluding hydrogens is 357 g/mol. The molecule has 0 spiro atoms. The molecule has 2 aromatic heterocycles. The average molecular weight is 369 g/mol. The van der Waals surface area contributed by atoms with Crippen molar-refractivity contribution in [3.63, 3.8) is 0 Å². The van der Waals surface area contributed by atoms with Crippen LogP contribution in [0, 0.1) is 5.82 Å². The van der Waals surface area contributed by atoms with E-state index in [4.69, 9.17) is 5.11 Å². The second kappa shape index (κ2) is 6.30. The van der Waals surface area contributed by atoms with E-state index < -0.39 is 5.97 Å². The summed E-state index contributed by atoms with van der Waals surface area (Å²) in [5.74, 6) is -1.40. The maximum absolute atomic E-state index is 13.3. The van der Waals surface area contributed by atoms with Crippen molar-refractivity contribution in [3.8, 4) is 0 Å². The minimum atomic E-state index is -1.02. The highest BCUT2D eigenvalue weighted by molar-refractivity contribution is 7.18. The number of halogens is 1. The smallest absolute Gasteiger partial charge is 0.309 e. The molecule has 0 aliphatic rings. The molecule has 0 bridgehead atoms. The van der Waals surface area contributed by atoms with Crippen LogP contribution >= 0.6 is 11.3 Å². The van der Waals surface area contributed by atoms with Gasteiger partial charge in [-0.1, -0.05) is 18.2 Å². The number of carboxylic acid groups (broad SMARTS) is 1.